The molecule has 0 fully saturated rings. The maximum Gasteiger partial charge on any atom is 0.308 e. The van der Waals surface area contributed by atoms with Crippen LogP contribution in [0.1, 0.15) is 37.1 Å². The molecule has 0 aromatic carbocycles. The van der Waals surface area contributed by atoms with Crippen molar-refractivity contribution in [1.29, 1.82) is 0 Å². The Morgan fingerprint density at radius 3 is 2.50 bits per heavy atom. The summed E-state index contributed by atoms with van der Waals surface area (Å²) in [5.41, 5.74) is 2.16. The SMILES string of the molecule is CCCc1c(OC(C)=O)c(C)c(=O)n(C)c1CBr. The summed E-state index contributed by atoms with van der Waals surface area (Å²) in [5, 5.41) is 0.558. The zero-order valence-electron chi connectivity index (χ0n) is 11.2. The highest BCUT2D eigenvalue weighted by Gasteiger charge is 2.19. The van der Waals surface area contributed by atoms with Crippen molar-refractivity contribution in [2.75, 3.05) is 0 Å². The number of nitrogens with zero attached hydrogens (tertiary/aromatic N) is 1. The summed E-state index contributed by atoms with van der Waals surface area (Å²) < 4.78 is 6.85. The number of hydrogen-bond donors (Lipinski definition) is 0. The van der Waals surface area contributed by atoms with Gasteiger partial charge in [0.15, 0.2) is 0 Å². The molecule has 4 nitrogen and oxygen atoms in total. The van der Waals surface area contributed by atoms with Crippen molar-refractivity contribution < 1.29 is 9.53 Å². The molecule has 0 unspecified atom stereocenters. The van der Waals surface area contributed by atoms with E-state index in [0.717, 1.165) is 24.1 Å². The van der Waals surface area contributed by atoms with E-state index in [-0.39, 0.29) is 5.56 Å². The van der Waals surface area contributed by atoms with Crippen molar-refractivity contribution in [3.63, 3.8) is 0 Å². The second kappa shape index (κ2) is 6.18. The minimum atomic E-state index is -0.399. The Morgan fingerprint density at radius 1 is 1.44 bits per heavy atom. The summed E-state index contributed by atoms with van der Waals surface area (Å²) in [5.74, 6) is 0.0335. The number of carbonyl (C=O) groups is 1. The average Bonchev–Trinajstić information content (AvgIpc) is 2.32. The fraction of sp³-hybridized carbons (Fsp3) is 0.538. The number of hydrogen-bond acceptors (Lipinski definition) is 3. The van der Waals surface area contributed by atoms with Gasteiger partial charge in [-0.2, -0.15) is 0 Å². The molecule has 5 heteroatoms. The lowest BCUT2D eigenvalue weighted by atomic mass is 10.0. The van der Waals surface area contributed by atoms with E-state index >= 15 is 0 Å². The van der Waals surface area contributed by atoms with Crippen molar-refractivity contribution >= 4 is 21.9 Å². The minimum absolute atomic E-state index is 0.124. The molecule has 0 aliphatic rings. The van der Waals surface area contributed by atoms with Crippen molar-refractivity contribution in [2.45, 2.75) is 38.9 Å². The molecule has 18 heavy (non-hydrogen) atoms. The van der Waals surface area contributed by atoms with Gasteiger partial charge in [-0.15, -0.1) is 0 Å². The first-order valence-electron chi connectivity index (χ1n) is 5.89. The van der Waals surface area contributed by atoms with E-state index in [1.807, 2.05) is 0 Å². The third-order valence-corrected chi connectivity index (χ3v) is 3.40. The van der Waals surface area contributed by atoms with E-state index < -0.39 is 5.97 Å². The monoisotopic (exact) mass is 315 g/mol. The zero-order valence-corrected chi connectivity index (χ0v) is 12.8. The van der Waals surface area contributed by atoms with Crippen LogP contribution in [0.3, 0.4) is 0 Å². The van der Waals surface area contributed by atoms with E-state index in [1.54, 1.807) is 18.5 Å². The van der Waals surface area contributed by atoms with E-state index in [0.29, 0.717) is 16.6 Å². The fourth-order valence-corrected chi connectivity index (χ4v) is 2.71. The quantitative estimate of drug-likeness (QED) is 0.633. The molecule has 1 rings (SSSR count). The predicted molar refractivity (Wildman–Crippen MR) is 74.4 cm³/mol. The number of pyridine rings is 1. The Morgan fingerprint density at radius 2 is 2.06 bits per heavy atom. The van der Waals surface area contributed by atoms with Gasteiger partial charge in [-0.3, -0.25) is 9.59 Å². The molecule has 0 bridgehead atoms. The lowest BCUT2D eigenvalue weighted by Gasteiger charge is -2.18. The van der Waals surface area contributed by atoms with Crippen LogP contribution in [-0.4, -0.2) is 10.5 Å². The van der Waals surface area contributed by atoms with Crippen LogP contribution < -0.4 is 10.3 Å². The number of carbonyl (C=O) groups excluding carboxylic acids is 1. The summed E-state index contributed by atoms with van der Waals surface area (Å²) in [7, 11) is 1.74. The molecular formula is C13H18BrNO3. The first-order chi connectivity index (χ1) is 8.43. The van der Waals surface area contributed by atoms with Gasteiger partial charge in [0.2, 0.25) is 0 Å². The first-order valence-corrected chi connectivity index (χ1v) is 7.01. The predicted octanol–water partition coefficient (Wildman–Crippen LogP) is 2.47. The highest BCUT2D eigenvalue weighted by molar-refractivity contribution is 9.08. The molecule has 1 aromatic rings. The Bertz CT molecular complexity index is 520. The normalized spacial score (nSPS) is 10.5. The van der Waals surface area contributed by atoms with Gasteiger partial charge >= 0.3 is 5.97 Å². The van der Waals surface area contributed by atoms with Gasteiger partial charge in [-0.1, -0.05) is 29.3 Å². The number of alkyl halides is 1. The minimum Gasteiger partial charge on any atom is -0.426 e. The first kappa shape index (κ1) is 15.0. The van der Waals surface area contributed by atoms with Crippen LogP contribution in [0.4, 0.5) is 0 Å². The molecular weight excluding hydrogens is 298 g/mol. The lowest BCUT2D eigenvalue weighted by Crippen LogP contribution is -2.26. The summed E-state index contributed by atoms with van der Waals surface area (Å²) >= 11 is 3.39. The Labute approximate surface area is 115 Å². The van der Waals surface area contributed by atoms with E-state index in [2.05, 4.69) is 22.9 Å². The van der Waals surface area contributed by atoms with Crippen LogP contribution in [0.5, 0.6) is 5.75 Å². The molecule has 0 aliphatic heterocycles. The lowest BCUT2D eigenvalue weighted by molar-refractivity contribution is -0.132. The van der Waals surface area contributed by atoms with E-state index in [1.165, 1.54) is 6.92 Å². The van der Waals surface area contributed by atoms with Gasteiger partial charge in [0.05, 0.1) is 5.56 Å². The second-order valence-electron chi connectivity index (χ2n) is 4.22. The van der Waals surface area contributed by atoms with Crippen molar-refractivity contribution in [3.8, 4) is 5.75 Å². The molecule has 0 N–H and O–H groups in total. The summed E-state index contributed by atoms with van der Waals surface area (Å²) in [6.45, 7) is 5.09. The van der Waals surface area contributed by atoms with Crippen LogP contribution in [0.15, 0.2) is 4.79 Å². The second-order valence-corrected chi connectivity index (χ2v) is 4.78. The van der Waals surface area contributed by atoms with Gasteiger partial charge in [-0.25, -0.2) is 0 Å². The number of esters is 1. The molecule has 1 aromatic heterocycles. The topological polar surface area (TPSA) is 48.3 Å². The number of aromatic nitrogens is 1. The summed E-state index contributed by atoms with van der Waals surface area (Å²) in [6, 6.07) is 0. The van der Waals surface area contributed by atoms with Gasteiger partial charge in [0, 0.05) is 30.6 Å². The van der Waals surface area contributed by atoms with Crippen LogP contribution in [0.2, 0.25) is 0 Å². The number of rotatable bonds is 4. The molecule has 0 saturated heterocycles. The third-order valence-electron chi connectivity index (χ3n) is 2.87. The van der Waals surface area contributed by atoms with Gasteiger partial charge in [0.25, 0.3) is 5.56 Å². The standard InChI is InChI=1S/C13H18BrNO3/c1-5-6-10-11(7-14)15(4)13(17)8(2)12(10)18-9(3)16/h5-7H2,1-4H3. The molecule has 0 spiro atoms. The Hall–Kier alpha value is -1.10. The highest BCUT2D eigenvalue weighted by Crippen LogP contribution is 2.27. The van der Waals surface area contributed by atoms with Gasteiger partial charge < -0.3 is 9.30 Å². The Balaban J connectivity index is 3.59. The van der Waals surface area contributed by atoms with Crippen LogP contribution >= 0.6 is 15.9 Å². The van der Waals surface area contributed by atoms with Crippen LogP contribution in [0, 0.1) is 6.92 Å². The molecule has 0 aliphatic carbocycles. The number of halogens is 1. The largest absolute Gasteiger partial charge is 0.426 e. The van der Waals surface area contributed by atoms with E-state index in [4.69, 9.17) is 4.74 Å². The smallest absolute Gasteiger partial charge is 0.308 e. The number of ether oxygens (including phenoxy) is 1. The van der Waals surface area contributed by atoms with Crippen LogP contribution in [0.25, 0.3) is 0 Å². The summed E-state index contributed by atoms with van der Waals surface area (Å²) in [4.78, 5) is 23.2. The maximum atomic E-state index is 12.1. The van der Waals surface area contributed by atoms with Crippen molar-refractivity contribution in [2.24, 2.45) is 7.05 Å². The van der Waals surface area contributed by atoms with Crippen LogP contribution in [-0.2, 0) is 23.6 Å². The molecule has 100 valence electrons. The summed E-state index contributed by atoms with van der Waals surface area (Å²) in [6.07, 6.45) is 1.70. The molecule has 0 amide bonds. The van der Waals surface area contributed by atoms with Crippen molar-refractivity contribution in [1.82, 2.24) is 4.57 Å². The van der Waals surface area contributed by atoms with Crippen molar-refractivity contribution in [3.05, 3.63) is 27.2 Å². The zero-order chi connectivity index (χ0) is 13.9. The van der Waals surface area contributed by atoms with Gasteiger partial charge in [-0.05, 0) is 13.3 Å². The third kappa shape index (κ3) is 2.83. The fourth-order valence-electron chi connectivity index (χ4n) is 1.99. The molecule has 0 radical (unpaired) electrons. The van der Waals surface area contributed by atoms with E-state index in [9.17, 15) is 9.59 Å². The molecule has 0 atom stereocenters. The molecule has 1 heterocycles. The Kier molecular flexibility index (Phi) is 5.14. The maximum absolute atomic E-state index is 12.1. The highest BCUT2D eigenvalue weighted by atomic mass is 79.9. The molecule has 0 saturated carbocycles. The average molecular weight is 316 g/mol. The van der Waals surface area contributed by atoms with Gasteiger partial charge in [0.1, 0.15) is 5.75 Å².